The molecule has 4 heteroatoms. The standard InChI is InChI=1S/C9H20N2O2/c1-4-8(7-12)10-9(13)5-6-11(2)3/h8,12H,4-7H2,1-3H3,(H,10,13)/t8-/m0/s1. The maximum absolute atomic E-state index is 11.2. The molecule has 0 aliphatic carbocycles. The zero-order chi connectivity index (χ0) is 10.3. The highest BCUT2D eigenvalue weighted by Crippen LogP contribution is 1.91. The van der Waals surface area contributed by atoms with Gasteiger partial charge in [0.2, 0.25) is 5.91 Å². The van der Waals surface area contributed by atoms with Crippen LogP contribution in [0.25, 0.3) is 0 Å². The van der Waals surface area contributed by atoms with Crippen LogP contribution in [0.5, 0.6) is 0 Å². The van der Waals surface area contributed by atoms with E-state index in [1.165, 1.54) is 0 Å². The predicted octanol–water partition coefficient (Wildman–Crippen LogP) is -0.175. The van der Waals surface area contributed by atoms with Crippen LogP contribution in [0.1, 0.15) is 19.8 Å². The summed E-state index contributed by atoms with van der Waals surface area (Å²) in [5, 5.41) is 11.6. The third kappa shape index (κ3) is 6.54. The van der Waals surface area contributed by atoms with Crippen molar-refractivity contribution in [1.82, 2.24) is 10.2 Å². The highest BCUT2D eigenvalue weighted by molar-refractivity contribution is 5.76. The van der Waals surface area contributed by atoms with Gasteiger partial charge in [0, 0.05) is 13.0 Å². The Balaban J connectivity index is 3.60. The van der Waals surface area contributed by atoms with Crippen molar-refractivity contribution in [3.63, 3.8) is 0 Å². The van der Waals surface area contributed by atoms with Crippen LogP contribution in [0.3, 0.4) is 0 Å². The maximum Gasteiger partial charge on any atom is 0.221 e. The molecule has 0 aromatic rings. The Morgan fingerprint density at radius 2 is 2.15 bits per heavy atom. The zero-order valence-corrected chi connectivity index (χ0v) is 8.71. The fourth-order valence-corrected chi connectivity index (χ4v) is 0.902. The van der Waals surface area contributed by atoms with E-state index in [0.29, 0.717) is 6.42 Å². The number of carbonyl (C=O) groups excluding carboxylic acids is 1. The third-order valence-corrected chi connectivity index (χ3v) is 1.86. The summed E-state index contributed by atoms with van der Waals surface area (Å²) < 4.78 is 0. The van der Waals surface area contributed by atoms with Gasteiger partial charge in [-0.15, -0.1) is 0 Å². The molecular formula is C9H20N2O2. The second-order valence-electron chi connectivity index (χ2n) is 3.41. The summed E-state index contributed by atoms with van der Waals surface area (Å²) in [6.07, 6.45) is 1.26. The smallest absolute Gasteiger partial charge is 0.221 e. The third-order valence-electron chi connectivity index (χ3n) is 1.86. The number of amides is 1. The minimum absolute atomic E-state index is 0.00889. The molecule has 4 nitrogen and oxygen atoms in total. The van der Waals surface area contributed by atoms with Gasteiger partial charge in [0.25, 0.3) is 0 Å². The van der Waals surface area contributed by atoms with E-state index in [1.54, 1.807) is 0 Å². The number of rotatable bonds is 6. The predicted molar refractivity (Wildman–Crippen MR) is 52.5 cm³/mol. The molecule has 0 aromatic heterocycles. The number of carbonyl (C=O) groups is 1. The van der Waals surface area contributed by atoms with Crippen molar-refractivity contribution in [2.75, 3.05) is 27.2 Å². The van der Waals surface area contributed by atoms with Gasteiger partial charge in [0.05, 0.1) is 12.6 Å². The Labute approximate surface area is 79.9 Å². The van der Waals surface area contributed by atoms with Gasteiger partial charge in [-0.05, 0) is 20.5 Å². The van der Waals surface area contributed by atoms with Crippen molar-refractivity contribution in [3.8, 4) is 0 Å². The molecule has 2 N–H and O–H groups in total. The molecule has 0 bridgehead atoms. The molecule has 1 amide bonds. The van der Waals surface area contributed by atoms with E-state index in [2.05, 4.69) is 5.32 Å². The van der Waals surface area contributed by atoms with Gasteiger partial charge in [-0.2, -0.15) is 0 Å². The average molecular weight is 188 g/mol. The first kappa shape index (κ1) is 12.4. The van der Waals surface area contributed by atoms with Crippen LogP contribution < -0.4 is 5.32 Å². The van der Waals surface area contributed by atoms with Crippen LogP contribution in [0.2, 0.25) is 0 Å². The number of nitrogens with zero attached hydrogens (tertiary/aromatic N) is 1. The molecule has 0 aliphatic heterocycles. The van der Waals surface area contributed by atoms with Crippen LogP contribution in [0.4, 0.5) is 0 Å². The van der Waals surface area contributed by atoms with Crippen LogP contribution >= 0.6 is 0 Å². The fourth-order valence-electron chi connectivity index (χ4n) is 0.902. The zero-order valence-electron chi connectivity index (χ0n) is 8.71. The summed E-state index contributed by atoms with van der Waals surface area (Å²) in [7, 11) is 3.85. The van der Waals surface area contributed by atoms with E-state index < -0.39 is 0 Å². The Hall–Kier alpha value is -0.610. The molecule has 78 valence electrons. The molecule has 0 heterocycles. The quantitative estimate of drug-likeness (QED) is 0.608. The van der Waals surface area contributed by atoms with E-state index in [-0.39, 0.29) is 18.6 Å². The van der Waals surface area contributed by atoms with Gasteiger partial charge in [-0.25, -0.2) is 0 Å². The molecular weight excluding hydrogens is 168 g/mol. The van der Waals surface area contributed by atoms with Gasteiger partial charge in [0.15, 0.2) is 0 Å². The van der Waals surface area contributed by atoms with Crippen molar-refractivity contribution in [3.05, 3.63) is 0 Å². The van der Waals surface area contributed by atoms with Crippen molar-refractivity contribution in [2.24, 2.45) is 0 Å². The topological polar surface area (TPSA) is 52.6 Å². The van der Waals surface area contributed by atoms with Crippen molar-refractivity contribution >= 4 is 5.91 Å². The number of aliphatic hydroxyl groups excluding tert-OH is 1. The Bertz CT molecular complexity index is 145. The van der Waals surface area contributed by atoms with Crippen molar-refractivity contribution < 1.29 is 9.90 Å². The van der Waals surface area contributed by atoms with E-state index >= 15 is 0 Å². The summed E-state index contributed by atoms with van der Waals surface area (Å²) in [5.74, 6) is 0.00889. The Morgan fingerprint density at radius 1 is 1.54 bits per heavy atom. The molecule has 0 saturated carbocycles. The summed E-state index contributed by atoms with van der Waals surface area (Å²) in [6, 6.07) is -0.0883. The van der Waals surface area contributed by atoms with Crippen molar-refractivity contribution in [2.45, 2.75) is 25.8 Å². The van der Waals surface area contributed by atoms with Crippen molar-refractivity contribution in [1.29, 1.82) is 0 Å². The van der Waals surface area contributed by atoms with Gasteiger partial charge >= 0.3 is 0 Å². The average Bonchev–Trinajstić information content (AvgIpc) is 2.10. The monoisotopic (exact) mass is 188 g/mol. The lowest BCUT2D eigenvalue weighted by atomic mass is 10.2. The molecule has 0 aromatic carbocycles. The molecule has 0 fully saturated rings. The molecule has 0 unspecified atom stereocenters. The lowest BCUT2D eigenvalue weighted by Gasteiger charge is -2.15. The van der Waals surface area contributed by atoms with Gasteiger partial charge < -0.3 is 15.3 Å². The lowest BCUT2D eigenvalue weighted by Crippen LogP contribution is -2.38. The van der Waals surface area contributed by atoms with Crippen LogP contribution in [0, 0.1) is 0 Å². The molecule has 0 saturated heterocycles. The normalized spacial score (nSPS) is 13.0. The fraction of sp³-hybridized carbons (Fsp3) is 0.889. The van der Waals surface area contributed by atoms with Gasteiger partial charge in [0.1, 0.15) is 0 Å². The highest BCUT2D eigenvalue weighted by atomic mass is 16.3. The molecule has 1 atom stereocenters. The van der Waals surface area contributed by atoms with Crippen LogP contribution in [-0.2, 0) is 4.79 Å². The summed E-state index contributed by atoms with van der Waals surface area (Å²) >= 11 is 0. The Kier molecular flexibility index (Phi) is 6.54. The number of hydrogen-bond donors (Lipinski definition) is 2. The molecule has 0 rings (SSSR count). The van der Waals surface area contributed by atoms with Crippen LogP contribution in [0.15, 0.2) is 0 Å². The lowest BCUT2D eigenvalue weighted by molar-refractivity contribution is -0.122. The molecule has 0 radical (unpaired) electrons. The maximum atomic E-state index is 11.2. The highest BCUT2D eigenvalue weighted by Gasteiger charge is 2.08. The van der Waals surface area contributed by atoms with E-state index in [9.17, 15) is 4.79 Å². The van der Waals surface area contributed by atoms with Crippen LogP contribution in [-0.4, -0.2) is 49.2 Å². The number of nitrogens with one attached hydrogen (secondary N) is 1. The minimum Gasteiger partial charge on any atom is -0.394 e. The number of aliphatic hydroxyl groups is 1. The second kappa shape index (κ2) is 6.86. The summed E-state index contributed by atoms with van der Waals surface area (Å²) in [6.45, 7) is 2.70. The molecule has 13 heavy (non-hydrogen) atoms. The van der Waals surface area contributed by atoms with E-state index in [1.807, 2.05) is 25.9 Å². The molecule has 0 spiro atoms. The van der Waals surface area contributed by atoms with E-state index in [4.69, 9.17) is 5.11 Å². The molecule has 0 aliphatic rings. The summed E-state index contributed by atoms with van der Waals surface area (Å²) in [4.78, 5) is 13.2. The minimum atomic E-state index is -0.0883. The first-order chi connectivity index (χ1) is 6.10. The Morgan fingerprint density at radius 3 is 2.54 bits per heavy atom. The second-order valence-corrected chi connectivity index (χ2v) is 3.41. The first-order valence-electron chi connectivity index (χ1n) is 4.65. The summed E-state index contributed by atoms with van der Waals surface area (Å²) in [5.41, 5.74) is 0. The van der Waals surface area contributed by atoms with Gasteiger partial charge in [-0.3, -0.25) is 4.79 Å². The number of hydrogen-bond acceptors (Lipinski definition) is 3. The largest absolute Gasteiger partial charge is 0.394 e. The van der Waals surface area contributed by atoms with E-state index in [0.717, 1.165) is 13.0 Å². The van der Waals surface area contributed by atoms with Gasteiger partial charge in [-0.1, -0.05) is 6.92 Å². The first-order valence-corrected chi connectivity index (χ1v) is 4.65. The SMILES string of the molecule is CC[C@@H](CO)NC(=O)CCN(C)C.